The first kappa shape index (κ1) is 19.8. The minimum Gasteiger partial charge on any atom is -0.618 e. The van der Waals surface area contributed by atoms with Gasteiger partial charge in [-0.3, -0.25) is 14.9 Å². The Kier molecular flexibility index (Phi) is 6.27. The lowest BCUT2D eigenvalue weighted by molar-refractivity contribution is -0.645. The molecule has 7 nitrogen and oxygen atoms in total. The lowest BCUT2D eigenvalue weighted by Gasteiger charge is -2.17. The summed E-state index contributed by atoms with van der Waals surface area (Å²) in [4.78, 5) is 23.4. The first-order chi connectivity index (χ1) is 13.5. The first-order valence-corrected chi connectivity index (χ1v) is 9.77. The van der Waals surface area contributed by atoms with Crippen molar-refractivity contribution in [1.82, 2.24) is 0 Å². The van der Waals surface area contributed by atoms with E-state index in [1.807, 2.05) is 18.2 Å². The molecule has 0 fully saturated rings. The predicted molar refractivity (Wildman–Crippen MR) is 110 cm³/mol. The fraction of sp³-hybridized carbons (Fsp3) is 0.0526. The third kappa shape index (κ3) is 4.68. The van der Waals surface area contributed by atoms with Crippen molar-refractivity contribution in [2.45, 2.75) is 10.3 Å². The van der Waals surface area contributed by atoms with Crippen LogP contribution in [0, 0.1) is 15.3 Å². The molecule has 1 N–H and O–H groups in total. The third-order valence-electron chi connectivity index (χ3n) is 3.79. The molecule has 3 rings (SSSR count). The van der Waals surface area contributed by atoms with Crippen LogP contribution in [0.2, 0.25) is 0 Å². The zero-order valence-corrected chi connectivity index (χ0v) is 16.7. The number of hydrogen-bond donors (Lipinski definition) is 1. The summed E-state index contributed by atoms with van der Waals surface area (Å²) in [5, 5.41) is 25.4. The standard InChI is InChI=1S/C19H14BrN3O4S/c20-15-12-14(23(26)27)9-10-16(15)21-19(24)18(13-6-2-1-3-7-13)28-17-8-4-5-11-22(17)25/h1-12,18H,(H,21,24)/t18-/m0/s1. The van der Waals surface area contributed by atoms with E-state index in [1.54, 1.807) is 30.3 Å². The van der Waals surface area contributed by atoms with Gasteiger partial charge >= 0.3 is 0 Å². The van der Waals surface area contributed by atoms with E-state index in [1.165, 1.54) is 24.4 Å². The van der Waals surface area contributed by atoms with E-state index < -0.39 is 10.2 Å². The maximum atomic E-state index is 13.0. The van der Waals surface area contributed by atoms with Crippen molar-refractivity contribution in [2.75, 3.05) is 5.32 Å². The van der Waals surface area contributed by atoms with Crippen molar-refractivity contribution in [3.8, 4) is 0 Å². The van der Waals surface area contributed by atoms with Crippen LogP contribution in [-0.2, 0) is 4.79 Å². The number of nitro groups is 1. The van der Waals surface area contributed by atoms with Gasteiger partial charge in [0.25, 0.3) is 10.7 Å². The van der Waals surface area contributed by atoms with Gasteiger partial charge in [0.2, 0.25) is 5.91 Å². The molecule has 28 heavy (non-hydrogen) atoms. The number of rotatable bonds is 6. The monoisotopic (exact) mass is 459 g/mol. The molecule has 0 radical (unpaired) electrons. The number of hydrogen-bond acceptors (Lipinski definition) is 5. The summed E-state index contributed by atoms with van der Waals surface area (Å²) in [5.74, 6) is -0.352. The van der Waals surface area contributed by atoms with Gasteiger partial charge in [0, 0.05) is 28.7 Å². The molecule has 0 saturated carbocycles. The first-order valence-electron chi connectivity index (χ1n) is 8.10. The Morgan fingerprint density at radius 2 is 1.82 bits per heavy atom. The number of thioether (sulfide) groups is 1. The van der Waals surface area contributed by atoms with E-state index in [0.717, 1.165) is 17.3 Å². The van der Waals surface area contributed by atoms with Crippen LogP contribution in [0.4, 0.5) is 11.4 Å². The zero-order valence-electron chi connectivity index (χ0n) is 14.3. The Hall–Kier alpha value is -2.91. The fourth-order valence-electron chi connectivity index (χ4n) is 2.44. The van der Waals surface area contributed by atoms with E-state index >= 15 is 0 Å². The van der Waals surface area contributed by atoms with Gasteiger partial charge in [-0.1, -0.05) is 30.3 Å². The van der Waals surface area contributed by atoms with Crippen molar-refractivity contribution in [1.29, 1.82) is 0 Å². The zero-order chi connectivity index (χ0) is 20.1. The molecular weight excluding hydrogens is 446 g/mol. The topological polar surface area (TPSA) is 99.2 Å². The van der Waals surface area contributed by atoms with Gasteiger partial charge < -0.3 is 10.5 Å². The van der Waals surface area contributed by atoms with Crippen LogP contribution in [0.5, 0.6) is 0 Å². The molecule has 9 heteroatoms. The normalized spacial score (nSPS) is 11.6. The lowest BCUT2D eigenvalue weighted by atomic mass is 10.1. The van der Waals surface area contributed by atoms with Gasteiger partial charge in [-0.2, -0.15) is 4.73 Å². The Labute approximate surface area is 173 Å². The number of anilines is 1. The number of nitro benzene ring substituents is 1. The molecule has 0 aliphatic heterocycles. The van der Waals surface area contributed by atoms with E-state index in [4.69, 9.17) is 0 Å². The minimum atomic E-state index is -0.689. The van der Waals surface area contributed by atoms with Gasteiger partial charge in [-0.25, -0.2) is 0 Å². The van der Waals surface area contributed by atoms with Crippen LogP contribution in [0.1, 0.15) is 10.8 Å². The molecular formula is C19H14BrN3O4S. The van der Waals surface area contributed by atoms with E-state index in [-0.39, 0.29) is 11.6 Å². The smallest absolute Gasteiger partial charge is 0.270 e. The van der Waals surface area contributed by atoms with Crippen LogP contribution in [0.15, 0.2) is 82.4 Å². The summed E-state index contributed by atoms with van der Waals surface area (Å²) in [6.45, 7) is 0. The third-order valence-corrected chi connectivity index (χ3v) is 5.72. The molecule has 1 amide bonds. The van der Waals surface area contributed by atoms with E-state index in [9.17, 15) is 20.1 Å². The Morgan fingerprint density at radius 1 is 1.11 bits per heavy atom. The number of benzene rings is 2. The van der Waals surface area contributed by atoms with Crippen LogP contribution >= 0.6 is 27.7 Å². The van der Waals surface area contributed by atoms with Crippen molar-refractivity contribution in [3.05, 3.63) is 98.3 Å². The van der Waals surface area contributed by atoms with Gasteiger partial charge in [0.15, 0.2) is 6.20 Å². The van der Waals surface area contributed by atoms with Crippen molar-refractivity contribution in [3.63, 3.8) is 0 Å². The summed E-state index contributed by atoms with van der Waals surface area (Å²) in [6.07, 6.45) is 1.37. The number of non-ortho nitro benzene ring substituents is 1. The van der Waals surface area contributed by atoms with Gasteiger partial charge in [0.1, 0.15) is 5.25 Å². The number of aromatic nitrogens is 1. The highest BCUT2D eigenvalue weighted by atomic mass is 79.9. The second-order valence-corrected chi connectivity index (χ2v) is 7.66. The number of halogens is 1. The van der Waals surface area contributed by atoms with Crippen LogP contribution in [-0.4, -0.2) is 10.8 Å². The van der Waals surface area contributed by atoms with Crippen LogP contribution in [0.3, 0.4) is 0 Å². The van der Waals surface area contributed by atoms with Gasteiger partial charge in [-0.05, 0) is 45.4 Å². The number of amides is 1. The Balaban J connectivity index is 1.89. The summed E-state index contributed by atoms with van der Waals surface area (Å²) < 4.78 is 1.10. The maximum absolute atomic E-state index is 13.0. The molecule has 0 bridgehead atoms. The Bertz CT molecular complexity index is 1020. The van der Waals surface area contributed by atoms with Crippen molar-refractivity contribution >= 4 is 45.0 Å². The molecule has 1 aromatic heterocycles. The van der Waals surface area contributed by atoms with Crippen molar-refractivity contribution < 1.29 is 14.4 Å². The number of carbonyl (C=O) groups excluding carboxylic acids is 1. The largest absolute Gasteiger partial charge is 0.618 e. The molecule has 1 heterocycles. The summed E-state index contributed by atoms with van der Waals surface area (Å²) in [6, 6.07) is 18.2. The van der Waals surface area contributed by atoms with Gasteiger partial charge in [-0.15, -0.1) is 0 Å². The van der Waals surface area contributed by atoms with Crippen LogP contribution < -0.4 is 10.0 Å². The predicted octanol–water partition coefficient (Wildman–Crippen LogP) is 4.46. The molecule has 3 aromatic rings. The van der Waals surface area contributed by atoms with Crippen molar-refractivity contribution in [2.24, 2.45) is 0 Å². The molecule has 0 aliphatic carbocycles. The highest BCUT2D eigenvalue weighted by molar-refractivity contribution is 9.10. The minimum absolute atomic E-state index is 0.0875. The number of nitrogens with zero attached hydrogens (tertiary/aromatic N) is 2. The van der Waals surface area contributed by atoms with Crippen LogP contribution in [0.25, 0.3) is 0 Å². The highest BCUT2D eigenvalue weighted by Gasteiger charge is 2.26. The lowest BCUT2D eigenvalue weighted by Crippen LogP contribution is -2.29. The quantitative estimate of drug-likeness (QED) is 0.193. The van der Waals surface area contributed by atoms with Gasteiger partial charge in [0.05, 0.1) is 10.6 Å². The fourth-order valence-corrected chi connectivity index (χ4v) is 3.93. The molecule has 2 aromatic carbocycles. The second kappa shape index (κ2) is 8.85. The second-order valence-electron chi connectivity index (χ2n) is 5.68. The maximum Gasteiger partial charge on any atom is 0.270 e. The number of carbonyl (C=O) groups is 1. The average molecular weight is 460 g/mol. The molecule has 0 aliphatic rings. The summed E-state index contributed by atoms with van der Waals surface area (Å²) in [5.41, 5.74) is 1.04. The number of pyridine rings is 1. The highest BCUT2D eigenvalue weighted by Crippen LogP contribution is 2.36. The van der Waals surface area contributed by atoms with E-state index in [2.05, 4.69) is 21.2 Å². The van der Waals surface area contributed by atoms with E-state index in [0.29, 0.717) is 19.9 Å². The molecule has 0 saturated heterocycles. The SMILES string of the molecule is O=C(Nc1ccc([N+](=O)[O-])cc1Br)[C@@H](Sc1cccc[n+]1[O-])c1ccccc1. The molecule has 0 spiro atoms. The average Bonchev–Trinajstić information content (AvgIpc) is 2.69. The molecule has 0 unspecified atom stereocenters. The summed E-state index contributed by atoms with van der Waals surface area (Å²) in [7, 11) is 0. The number of nitrogens with one attached hydrogen (secondary N) is 1. The molecule has 142 valence electrons. The molecule has 1 atom stereocenters. The summed E-state index contributed by atoms with van der Waals surface area (Å²) >= 11 is 4.37. The Morgan fingerprint density at radius 3 is 2.46 bits per heavy atom.